The summed E-state index contributed by atoms with van der Waals surface area (Å²) in [6.45, 7) is 7.14. The van der Waals surface area contributed by atoms with Crippen molar-refractivity contribution < 1.29 is 21.8 Å². The Kier molecular flexibility index (Phi) is 4.98. The van der Waals surface area contributed by atoms with Gasteiger partial charge in [0.1, 0.15) is 0 Å². The van der Waals surface area contributed by atoms with Gasteiger partial charge in [0.25, 0.3) is 0 Å². The molecule has 0 amide bonds. The van der Waals surface area contributed by atoms with Gasteiger partial charge in [0, 0.05) is 0 Å². The van der Waals surface area contributed by atoms with E-state index < -0.39 is 21.8 Å². The molecule has 0 heterocycles. The van der Waals surface area contributed by atoms with Crippen molar-refractivity contribution in [2.75, 3.05) is 0 Å². The van der Waals surface area contributed by atoms with Crippen LogP contribution in [0.4, 0.5) is 0 Å². The zero-order valence-electron chi connectivity index (χ0n) is 14.8. The van der Waals surface area contributed by atoms with Gasteiger partial charge in [-0.15, -0.1) is 0 Å². The van der Waals surface area contributed by atoms with Gasteiger partial charge in [-0.05, 0) is 0 Å². The molecule has 121 valence electrons. The van der Waals surface area contributed by atoms with E-state index >= 15 is 0 Å². The van der Waals surface area contributed by atoms with Crippen molar-refractivity contribution >= 4 is 0 Å². The summed E-state index contributed by atoms with van der Waals surface area (Å²) in [5, 5.41) is 0. The molecule has 0 aromatic carbocycles. The Balaban J connectivity index is 2.19. The maximum absolute atomic E-state index is 2.57. The summed E-state index contributed by atoms with van der Waals surface area (Å²) in [5.74, 6) is 0. The van der Waals surface area contributed by atoms with Gasteiger partial charge >= 0.3 is 150 Å². The van der Waals surface area contributed by atoms with Crippen LogP contribution in [0, 0.1) is 0 Å². The minimum absolute atomic E-state index is 0.339. The van der Waals surface area contributed by atoms with Crippen LogP contribution >= 0.6 is 0 Å². The third-order valence-electron chi connectivity index (χ3n) is 5.93. The molecule has 3 aliphatic rings. The van der Waals surface area contributed by atoms with Crippen LogP contribution in [-0.2, 0) is 21.8 Å². The zero-order valence-corrected chi connectivity index (χ0v) is 17.2. The molecule has 0 spiro atoms. The van der Waals surface area contributed by atoms with E-state index in [1.807, 2.05) is 0 Å². The van der Waals surface area contributed by atoms with Gasteiger partial charge in [-0.25, -0.2) is 0 Å². The van der Waals surface area contributed by atoms with Crippen LogP contribution < -0.4 is 0 Å². The first-order valence-corrected chi connectivity index (χ1v) is 12.9. The van der Waals surface area contributed by atoms with E-state index in [0.29, 0.717) is 9.37 Å². The number of hydrogen-bond donors (Lipinski definition) is 0. The van der Waals surface area contributed by atoms with Crippen molar-refractivity contribution in [2.24, 2.45) is 0 Å². The molecule has 0 unspecified atom stereocenters. The molecular weight excluding hydrogens is 355 g/mol. The Morgan fingerprint density at radius 3 is 1.22 bits per heavy atom. The van der Waals surface area contributed by atoms with Gasteiger partial charge < -0.3 is 0 Å². The summed E-state index contributed by atoms with van der Waals surface area (Å²) in [6.07, 6.45) is 34.2. The minimum atomic E-state index is -2.11. The average molecular weight is 385 g/mol. The quantitative estimate of drug-likeness (QED) is 0.440. The van der Waals surface area contributed by atoms with E-state index in [0.717, 1.165) is 0 Å². The molecule has 0 aromatic heterocycles. The van der Waals surface area contributed by atoms with Crippen molar-refractivity contribution in [1.29, 1.82) is 0 Å². The maximum atomic E-state index is 2.57. The molecule has 0 aromatic rings. The summed E-state index contributed by atoms with van der Waals surface area (Å²) in [5.41, 5.74) is 0. The second-order valence-corrected chi connectivity index (χ2v) is 15.8. The van der Waals surface area contributed by atoms with Gasteiger partial charge in [-0.1, -0.05) is 0 Å². The molecule has 23 heavy (non-hydrogen) atoms. The first-order valence-electron chi connectivity index (χ1n) is 9.16. The van der Waals surface area contributed by atoms with Crippen molar-refractivity contribution in [2.45, 2.75) is 55.8 Å². The summed E-state index contributed by atoms with van der Waals surface area (Å²) in [7, 11) is 0. The summed E-state index contributed by atoms with van der Waals surface area (Å²) in [6, 6.07) is 0. The molecule has 3 aliphatic carbocycles. The number of allylic oxidation sites excluding steroid dienone is 12. The molecule has 0 saturated carbocycles. The van der Waals surface area contributed by atoms with Gasteiger partial charge in [0.05, 0.1) is 0 Å². The summed E-state index contributed by atoms with van der Waals surface area (Å²) < 4.78 is 1.03. The average Bonchev–Trinajstić information content (AvgIpc) is 3.30. The van der Waals surface area contributed by atoms with E-state index in [-0.39, 0.29) is 0 Å². The monoisotopic (exact) mass is 383 g/mol. The van der Waals surface area contributed by atoms with Gasteiger partial charge in [0.15, 0.2) is 0 Å². The Morgan fingerprint density at radius 1 is 0.565 bits per heavy atom. The van der Waals surface area contributed by atoms with Crippen LogP contribution in [0.15, 0.2) is 72.9 Å². The molecule has 0 fully saturated rings. The predicted octanol–water partition coefficient (Wildman–Crippen LogP) is 7.08. The molecule has 0 aliphatic heterocycles. The van der Waals surface area contributed by atoms with Gasteiger partial charge in [-0.2, -0.15) is 0 Å². The van der Waals surface area contributed by atoms with E-state index in [1.54, 1.807) is 0 Å². The fourth-order valence-electron chi connectivity index (χ4n) is 4.86. The summed E-state index contributed by atoms with van der Waals surface area (Å²) in [4.78, 5) is 0. The van der Waals surface area contributed by atoms with Crippen molar-refractivity contribution in [1.82, 2.24) is 0 Å². The van der Waals surface area contributed by atoms with Crippen LogP contribution in [0.25, 0.3) is 0 Å². The molecule has 0 atom stereocenters. The second-order valence-electron chi connectivity index (χ2n) is 7.11. The molecule has 0 saturated heterocycles. The second kappa shape index (κ2) is 6.68. The third-order valence-corrected chi connectivity index (χ3v) is 17.6. The van der Waals surface area contributed by atoms with Crippen LogP contribution in [0.1, 0.15) is 46.5 Å². The van der Waals surface area contributed by atoms with Crippen molar-refractivity contribution in [3.8, 4) is 0 Å². The summed E-state index contributed by atoms with van der Waals surface area (Å²) >= 11 is -2.11. The Labute approximate surface area is 150 Å². The van der Waals surface area contributed by atoms with Gasteiger partial charge in [0.2, 0.25) is 0 Å². The molecule has 0 radical (unpaired) electrons. The number of rotatable bonds is 7. The molecule has 0 nitrogen and oxygen atoms in total. The first kappa shape index (κ1) is 17.2. The Morgan fingerprint density at radius 2 is 0.913 bits per heavy atom. The molecular formula is C22H29Zr. The van der Waals surface area contributed by atoms with Crippen molar-refractivity contribution in [3.05, 3.63) is 72.9 Å². The molecule has 3 rings (SSSR count). The first-order chi connectivity index (χ1) is 11.2. The van der Waals surface area contributed by atoms with E-state index in [1.165, 1.54) is 25.7 Å². The van der Waals surface area contributed by atoms with E-state index in [2.05, 4.69) is 93.7 Å². The van der Waals surface area contributed by atoms with Crippen LogP contribution in [0.3, 0.4) is 0 Å². The van der Waals surface area contributed by atoms with E-state index in [9.17, 15) is 0 Å². The third kappa shape index (κ3) is 2.70. The molecule has 0 bridgehead atoms. The standard InChI is InChI=1S/C8H11.2C7H9.Zr/c1-2-5-8-6-3-4-7-8;2*1-2-7-5-3-4-6-7;/h3-4,6-7H,2,5H2,1H3;2*3-6H,2H2,1H3;. The predicted molar refractivity (Wildman–Crippen MR) is 98.4 cm³/mol. The van der Waals surface area contributed by atoms with E-state index in [4.69, 9.17) is 0 Å². The number of hydrogen-bond acceptors (Lipinski definition) is 0. The Hall–Kier alpha value is -0.677. The van der Waals surface area contributed by atoms with Gasteiger partial charge in [-0.3, -0.25) is 0 Å². The zero-order chi connectivity index (χ0) is 16.4. The SMILES string of the molecule is CCC[C]1([Zr]([C]2(CC)C=CC=C2)[C]2(CC)C=CC=C2)C=CC=C1. The fourth-order valence-corrected chi connectivity index (χ4v) is 18.1. The topological polar surface area (TPSA) is 0 Å². The molecule has 1 heteroatoms. The van der Waals surface area contributed by atoms with Crippen molar-refractivity contribution in [3.63, 3.8) is 0 Å². The normalized spacial score (nSPS) is 24.1. The van der Waals surface area contributed by atoms with Crippen LogP contribution in [0.5, 0.6) is 0 Å². The van der Waals surface area contributed by atoms with Crippen LogP contribution in [0.2, 0.25) is 9.37 Å². The Bertz CT molecular complexity index is 540. The fraction of sp³-hybridized carbons (Fsp3) is 0.455. The van der Waals surface area contributed by atoms with Crippen LogP contribution in [-0.4, -0.2) is 0 Å². The molecule has 0 N–H and O–H groups in total.